The minimum Gasteiger partial charge on any atom is -0.393 e. The van der Waals surface area contributed by atoms with E-state index in [1.165, 1.54) is 0 Å². The SMILES string of the molecule is CCn1nc(C)cc1C(=O)N1CC2CCC(O)C2C1. The Morgan fingerprint density at radius 2 is 2.26 bits per heavy atom. The fourth-order valence-corrected chi connectivity index (χ4v) is 3.52. The number of rotatable bonds is 2. The van der Waals surface area contributed by atoms with Gasteiger partial charge in [0.2, 0.25) is 0 Å². The number of carbonyl (C=O) groups excluding carboxylic acids is 1. The molecule has 3 atom stereocenters. The van der Waals surface area contributed by atoms with Crippen LogP contribution >= 0.6 is 0 Å². The van der Waals surface area contributed by atoms with Crippen LogP contribution in [0.4, 0.5) is 0 Å². The largest absolute Gasteiger partial charge is 0.393 e. The third-order valence-electron chi connectivity index (χ3n) is 4.53. The van der Waals surface area contributed by atoms with Crippen molar-refractivity contribution in [3.63, 3.8) is 0 Å². The van der Waals surface area contributed by atoms with Gasteiger partial charge in [-0.1, -0.05) is 0 Å². The topological polar surface area (TPSA) is 58.4 Å². The van der Waals surface area contributed by atoms with Gasteiger partial charge in [0.05, 0.1) is 11.8 Å². The molecule has 5 heteroatoms. The Balaban J connectivity index is 1.78. The van der Waals surface area contributed by atoms with E-state index in [2.05, 4.69) is 5.10 Å². The molecule has 1 aliphatic carbocycles. The van der Waals surface area contributed by atoms with Crippen molar-refractivity contribution in [2.75, 3.05) is 13.1 Å². The molecule has 1 amide bonds. The van der Waals surface area contributed by atoms with E-state index in [-0.39, 0.29) is 17.9 Å². The number of carbonyl (C=O) groups is 1. The minimum atomic E-state index is -0.222. The minimum absolute atomic E-state index is 0.0593. The monoisotopic (exact) mass is 263 g/mol. The average molecular weight is 263 g/mol. The Morgan fingerprint density at radius 3 is 2.95 bits per heavy atom. The number of fused-ring (bicyclic) bond motifs is 1. The molecule has 3 rings (SSSR count). The highest BCUT2D eigenvalue weighted by atomic mass is 16.3. The summed E-state index contributed by atoms with van der Waals surface area (Å²) in [4.78, 5) is 14.5. The molecule has 3 unspecified atom stereocenters. The summed E-state index contributed by atoms with van der Waals surface area (Å²) in [6.45, 7) is 6.09. The fourth-order valence-electron chi connectivity index (χ4n) is 3.52. The van der Waals surface area contributed by atoms with E-state index < -0.39 is 0 Å². The van der Waals surface area contributed by atoms with E-state index in [9.17, 15) is 9.90 Å². The summed E-state index contributed by atoms with van der Waals surface area (Å²) in [6, 6.07) is 1.86. The summed E-state index contributed by atoms with van der Waals surface area (Å²) in [7, 11) is 0. The Hall–Kier alpha value is -1.36. The van der Waals surface area contributed by atoms with Crippen LogP contribution in [0.2, 0.25) is 0 Å². The standard InChI is InChI=1S/C14H21N3O2/c1-3-17-12(6-9(2)15-17)14(19)16-7-10-4-5-13(18)11(10)8-16/h6,10-11,13,18H,3-5,7-8H2,1-2H3. The summed E-state index contributed by atoms with van der Waals surface area (Å²) in [5.41, 5.74) is 1.55. The third-order valence-corrected chi connectivity index (χ3v) is 4.53. The quantitative estimate of drug-likeness (QED) is 0.868. The van der Waals surface area contributed by atoms with Crippen LogP contribution < -0.4 is 0 Å². The number of aliphatic hydroxyl groups is 1. The Bertz CT molecular complexity index is 497. The van der Waals surface area contributed by atoms with E-state index in [0.29, 0.717) is 24.7 Å². The number of hydrogen-bond donors (Lipinski definition) is 1. The second-order valence-corrected chi connectivity index (χ2v) is 5.77. The maximum atomic E-state index is 12.6. The van der Waals surface area contributed by atoms with Crippen LogP contribution in [-0.2, 0) is 6.54 Å². The number of likely N-dealkylation sites (tertiary alicyclic amines) is 1. The lowest BCUT2D eigenvalue weighted by Crippen LogP contribution is -2.32. The van der Waals surface area contributed by atoms with Gasteiger partial charge in [-0.25, -0.2) is 0 Å². The lowest BCUT2D eigenvalue weighted by molar-refractivity contribution is 0.0740. The van der Waals surface area contributed by atoms with Crippen LogP contribution in [-0.4, -0.2) is 44.9 Å². The van der Waals surface area contributed by atoms with Crippen LogP contribution in [0.15, 0.2) is 6.07 Å². The van der Waals surface area contributed by atoms with Gasteiger partial charge in [0.25, 0.3) is 5.91 Å². The molecule has 1 aromatic heterocycles. The Labute approximate surface area is 113 Å². The van der Waals surface area contributed by atoms with Crippen molar-refractivity contribution in [3.8, 4) is 0 Å². The molecule has 1 aromatic rings. The highest BCUT2D eigenvalue weighted by molar-refractivity contribution is 5.93. The van der Waals surface area contributed by atoms with Crippen molar-refractivity contribution in [2.45, 2.75) is 39.3 Å². The predicted octanol–water partition coefficient (Wildman–Crippen LogP) is 1.05. The predicted molar refractivity (Wildman–Crippen MR) is 70.8 cm³/mol. The van der Waals surface area contributed by atoms with Crippen molar-refractivity contribution in [2.24, 2.45) is 11.8 Å². The molecule has 0 radical (unpaired) electrons. The smallest absolute Gasteiger partial charge is 0.272 e. The molecule has 2 aliphatic rings. The van der Waals surface area contributed by atoms with Gasteiger partial charge in [-0.15, -0.1) is 0 Å². The molecule has 1 aliphatic heterocycles. The van der Waals surface area contributed by atoms with Crippen molar-refractivity contribution in [1.82, 2.24) is 14.7 Å². The van der Waals surface area contributed by atoms with Crippen LogP contribution in [0.3, 0.4) is 0 Å². The first-order valence-electron chi connectivity index (χ1n) is 7.12. The number of aryl methyl sites for hydroxylation is 2. The number of nitrogens with zero attached hydrogens (tertiary/aromatic N) is 3. The molecule has 5 nitrogen and oxygen atoms in total. The zero-order valence-corrected chi connectivity index (χ0v) is 11.5. The molecular formula is C14H21N3O2. The molecule has 0 spiro atoms. The summed E-state index contributed by atoms with van der Waals surface area (Å²) >= 11 is 0. The van der Waals surface area contributed by atoms with Gasteiger partial charge >= 0.3 is 0 Å². The number of aliphatic hydroxyl groups excluding tert-OH is 1. The van der Waals surface area contributed by atoms with E-state index in [1.54, 1.807) is 4.68 Å². The molecule has 1 saturated carbocycles. The first-order chi connectivity index (χ1) is 9.10. The van der Waals surface area contributed by atoms with Gasteiger partial charge in [-0.2, -0.15) is 5.10 Å². The Morgan fingerprint density at radius 1 is 1.47 bits per heavy atom. The van der Waals surface area contributed by atoms with Gasteiger partial charge in [0.1, 0.15) is 5.69 Å². The molecule has 2 fully saturated rings. The average Bonchev–Trinajstić information content (AvgIpc) is 3.05. The summed E-state index contributed by atoms with van der Waals surface area (Å²) in [5.74, 6) is 0.824. The van der Waals surface area contributed by atoms with Crippen LogP contribution in [0.25, 0.3) is 0 Å². The van der Waals surface area contributed by atoms with E-state index in [0.717, 1.165) is 25.1 Å². The molecule has 1 N–H and O–H groups in total. The highest BCUT2D eigenvalue weighted by Gasteiger charge is 2.43. The van der Waals surface area contributed by atoms with Crippen molar-refractivity contribution < 1.29 is 9.90 Å². The van der Waals surface area contributed by atoms with Crippen LogP contribution in [0.1, 0.15) is 35.9 Å². The van der Waals surface area contributed by atoms with Crippen LogP contribution in [0, 0.1) is 18.8 Å². The molecule has 1 saturated heterocycles. The summed E-state index contributed by atoms with van der Waals surface area (Å²) < 4.78 is 1.77. The highest BCUT2D eigenvalue weighted by Crippen LogP contribution is 2.38. The van der Waals surface area contributed by atoms with Gasteiger partial charge in [0, 0.05) is 25.6 Å². The van der Waals surface area contributed by atoms with Gasteiger partial charge in [-0.05, 0) is 38.7 Å². The van der Waals surface area contributed by atoms with Gasteiger partial charge < -0.3 is 10.0 Å². The number of amides is 1. The lowest BCUT2D eigenvalue weighted by atomic mass is 10.00. The second kappa shape index (κ2) is 4.63. The van der Waals surface area contributed by atoms with E-state index in [4.69, 9.17) is 0 Å². The molecule has 2 heterocycles. The van der Waals surface area contributed by atoms with Gasteiger partial charge in [-0.3, -0.25) is 9.48 Å². The molecule has 0 bridgehead atoms. The normalized spacial score (nSPS) is 29.8. The third kappa shape index (κ3) is 2.06. The van der Waals surface area contributed by atoms with E-state index in [1.807, 2.05) is 24.8 Å². The van der Waals surface area contributed by atoms with E-state index >= 15 is 0 Å². The number of aromatic nitrogens is 2. The molecule has 0 aromatic carbocycles. The van der Waals surface area contributed by atoms with Crippen molar-refractivity contribution >= 4 is 5.91 Å². The number of hydrogen-bond acceptors (Lipinski definition) is 3. The zero-order chi connectivity index (χ0) is 13.6. The van der Waals surface area contributed by atoms with Gasteiger partial charge in [0.15, 0.2) is 0 Å². The fraction of sp³-hybridized carbons (Fsp3) is 0.714. The first-order valence-corrected chi connectivity index (χ1v) is 7.12. The summed E-state index contributed by atoms with van der Waals surface area (Å²) in [5, 5.41) is 14.2. The Kier molecular flexibility index (Phi) is 3.09. The maximum Gasteiger partial charge on any atom is 0.272 e. The van der Waals surface area contributed by atoms with Crippen molar-refractivity contribution in [3.05, 3.63) is 17.5 Å². The zero-order valence-electron chi connectivity index (χ0n) is 11.5. The first kappa shape index (κ1) is 12.7. The second-order valence-electron chi connectivity index (χ2n) is 5.77. The lowest BCUT2D eigenvalue weighted by Gasteiger charge is -2.18. The molecular weight excluding hydrogens is 242 g/mol. The van der Waals surface area contributed by atoms with Crippen LogP contribution in [0.5, 0.6) is 0 Å². The summed E-state index contributed by atoms with van der Waals surface area (Å²) in [6.07, 6.45) is 1.71. The van der Waals surface area contributed by atoms with Crippen molar-refractivity contribution in [1.29, 1.82) is 0 Å². The maximum absolute atomic E-state index is 12.6. The molecule has 19 heavy (non-hydrogen) atoms. The molecule has 104 valence electrons.